The molecular formula is C12H16F3NO. The van der Waals surface area contributed by atoms with Crippen LogP contribution in [0.1, 0.15) is 23.6 Å². The SMILES string of the molecule is Cc1ccc(C(N)CCOCC(F)F)cc1F. The van der Waals surface area contributed by atoms with E-state index in [1.807, 2.05) is 0 Å². The van der Waals surface area contributed by atoms with Crippen molar-refractivity contribution >= 4 is 0 Å². The molecule has 0 fully saturated rings. The number of hydrogen-bond acceptors (Lipinski definition) is 2. The fourth-order valence-corrected chi connectivity index (χ4v) is 1.39. The lowest BCUT2D eigenvalue weighted by molar-refractivity contribution is 0.0152. The fraction of sp³-hybridized carbons (Fsp3) is 0.500. The Bertz CT molecular complexity index is 358. The van der Waals surface area contributed by atoms with E-state index in [1.54, 1.807) is 19.1 Å². The second kappa shape index (κ2) is 6.61. The van der Waals surface area contributed by atoms with Crippen LogP contribution < -0.4 is 5.73 Å². The van der Waals surface area contributed by atoms with Crippen molar-refractivity contribution in [1.29, 1.82) is 0 Å². The molecule has 1 aromatic carbocycles. The summed E-state index contributed by atoms with van der Waals surface area (Å²) in [6.45, 7) is 1.21. The first-order valence-corrected chi connectivity index (χ1v) is 5.38. The van der Waals surface area contributed by atoms with Gasteiger partial charge in [-0.2, -0.15) is 0 Å². The minimum atomic E-state index is -2.47. The first-order chi connectivity index (χ1) is 8.00. The van der Waals surface area contributed by atoms with Gasteiger partial charge in [0.05, 0.1) is 0 Å². The van der Waals surface area contributed by atoms with Gasteiger partial charge in [-0.25, -0.2) is 13.2 Å². The largest absolute Gasteiger partial charge is 0.375 e. The molecule has 0 aliphatic rings. The van der Waals surface area contributed by atoms with Gasteiger partial charge in [0.1, 0.15) is 12.4 Å². The number of ether oxygens (including phenoxy) is 1. The molecule has 0 spiro atoms. The van der Waals surface area contributed by atoms with Crippen LogP contribution in [-0.4, -0.2) is 19.6 Å². The highest BCUT2D eigenvalue weighted by Crippen LogP contribution is 2.17. The molecular weight excluding hydrogens is 231 g/mol. The van der Waals surface area contributed by atoms with Crippen molar-refractivity contribution in [3.05, 3.63) is 35.1 Å². The molecule has 0 amide bonds. The van der Waals surface area contributed by atoms with Crippen LogP contribution in [0.4, 0.5) is 13.2 Å². The lowest BCUT2D eigenvalue weighted by Gasteiger charge is -2.13. The normalized spacial score (nSPS) is 13.1. The van der Waals surface area contributed by atoms with Crippen LogP contribution in [0.5, 0.6) is 0 Å². The average Bonchev–Trinajstić information content (AvgIpc) is 2.27. The molecule has 1 aromatic rings. The topological polar surface area (TPSA) is 35.2 Å². The number of nitrogens with two attached hydrogens (primary N) is 1. The van der Waals surface area contributed by atoms with Gasteiger partial charge in [-0.3, -0.25) is 0 Å². The molecule has 0 heterocycles. The van der Waals surface area contributed by atoms with Crippen molar-refractivity contribution in [2.75, 3.05) is 13.2 Å². The minimum absolute atomic E-state index is 0.140. The molecule has 1 rings (SSSR count). The lowest BCUT2D eigenvalue weighted by atomic mass is 10.0. The van der Waals surface area contributed by atoms with Gasteiger partial charge in [0.15, 0.2) is 0 Å². The van der Waals surface area contributed by atoms with Crippen LogP contribution in [0.15, 0.2) is 18.2 Å². The van der Waals surface area contributed by atoms with Crippen molar-refractivity contribution < 1.29 is 17.9 Å². The number of rotatable bonds is 6. The molecule has 0 saturated heterocycles. The summed E-state index contributed by atoms with van der Waals surface area (Å²) in [7, 11) is 0. The number of benzene rings is 1. The Kier molecular flexibility index (Phi) is 5.44. The summed E-state index contributed by atoms with van der Waals surface area (Å²) < 4.78 is 41.5. The Morgan fingerprint density at radius 1 is 1.35 bits per heavy atom. The summed E-state index contributed by atoms with van der Waals surface area (Å²) in [6, 6.07) is 4.34. The van der Waals surface area contributed by atoms with Crippen molar-refractivity contribution in [2.45, 2.75) is 25.8 Å². The van der Waals surface area contributed by atoms with Crippen LogP contribution in [0.3, 0.4) is 0 Å². The quantitative estimate of drug-likeness (QED) is 0.784. The maximum Gasteiger partial charge on any atom is 0.261 e. The highest BCUT2D eigenvalue weighted by Gasteiger charge is 2.09. The third-order valence-corrected chi connectivity index (χ3v) is 2.44. The van der Waals surface area contributed by atoms with E-state index in [2.05, 4.69) is 0 Å². The monoisotopic (exact) mass is 247 g/mol. The molecule has 2 N–H and O–H groups in total. The van der Waals surface area contributed by atoms with E-state index in [1.165, 1.54) is 6.07 Å². The zero-order chi connectivity index (χ0) is 12.8. The zero-order valence-corrected chi connectivity index (χ0v) is 9.63. The Morgan fingerprint density at radius 3 is 2.65 bits per heavy atom. The first kappa shape index (κ1) is 14.0. The predicted octanol–water partition coefficient (Wildman–Crippen LogP) is 2.81. The van der Waals surface area contributed by atoms with E-state index >= 15 is 0 Å². The van der Waals surface area contributed by atoms with E-state index in [4.69, 9.17) is 10.5 Å². The fourth-order valence-electron chi connectivity index (χ4n) is 1.39. The summed E-state index contributed by atoms with van der Waals surface area (Å²) in [5.41, 5.74) is 6.99. The van der Waals surface area contributed by atoms with Gasteiger partial charge < -0.3 is 10.5 Å². The molecule has 5 heteroatoms. The molecule has 1 unspecified atom stereocenters. The summed E-state index contributed by atoms with van der Waals surface area (Å²) in [5.74, 6) is -0.313. The van der Waals surface area contributed by atoms with Crippen LogP contribution in [-0.2, 0) is 4.74 Å². The smallest absolute Gasteiger partial charge is 0.261 e. The molecule has 2 nitrogen and oxygen atoms in total. The Morgan fingerprint density at radius 2 is 2.06 bits per heavy atom. The highest BCUT2D eigenvalue weighted by molar-refractivity contribution is 5.25. The van der Waals surface area contributed by atoms with E-state index in [0.717, 1.165) is 0 Å². The maximum atomic E-state index is 13.2. The van der Waals surface area contributed by atoms with Crippen LogP contribution in [0, 0.1) is 12.7 Å². The van der Waals surface area contributed by atoms with E-state index in [9.17, 15) is 13.2 Å². The van der Waals surface area contributed by atoms with E-state index in [0.29, 0.717) is 17.5 Å². The van der Waals surface area contributed by atoms with Crippen molar-refractivity contribution in [3.8, 4) is 0 Å². The standard InChI is InChI=1S/C12H16F3NO/c1-8-2-3-9(6-10(8)13)11(16)4-5-17-7-12(14)15/h2-3,6,11-12H,4-5,7,16H2,1H3. The maximum absolute atomic E-state index is 13.2. The Labute approximate surface area is 98.6 Å². The number of aryl methyl sites for hydroxylation is 1. The van der Waals surface area contributed by atoms with Gasteiger partial charge in [0, 0.05) is 12.6 Å². The second-order valence-electron chi connectivity index (χ2n) is 3.87. The molecule has 0 aliphatic heterocycles. The second-order valence-corrected chi connectivity index (χ2v) is 3.87. The van der Waals surface area contributed by atoms with Gasteiger partial charge in [-0.05, 0) is 30.5 Å². The molecule has 0 aliphatic carbocycles. The van der Waals surface area contributed by atoms with Gasteiger partial charge in [-0.15, -0.1) is 0 Å². The van der Waals surface area contributed by atoms with Gasteiger partial charge in [0.25, 0.3) is 6.43 Å². The molecule has 0 radical (unpaired) electrons. The number of alkyl halides is 2. The Balaban J connectivity index is 2.41. The van der Waals surface area contributed by atoms with Gasteiger partial charge in [-0.1, -0.05) is 12.1 Å². The summed E-state index contributed by atoms with van der Waals surface area (Å²) in [6.07, 6.45) is -2.09. The predicted molar refractivity (Wildman–Crippen MR) is 59.5 cm³/mol. The van der Waals surface area contributed by atoms with Gasteiger partial charge >= 0.3 is 0 Å². The molecule has 17 heavy (non-hydrogen) atoms. The first-order valence-electron chi connectivity index (χ1n) is 5.38. The van der Waals surface area contributed by atoms with Crippen molar-refractivity contribution in [1.82, 2.24) is 0 Å². The number of halogens is 3. The highest BCUT2D eigenvalue weighted by atomic mass is 19.3. The third kappa shape index (κ3) is 4.75. The van der Waals surface area contributed by atoms with Gasteiger partial charge in [0.2, 0.25) is 0 Å². The van der Waals surface area contributed by atoms with Crippen molar-refractivity contribution in [2.24, 2.45) is 5.73 Å². The minimum Gasteiger partial charge on any atom is -0.375 e. The summed E-state index contributed by atoms with van der Waals surface area (Å²) >= 11 is 0. The van der Waals surface area contributed by atoms with E-state index in [-0.39, 0.29) is 12.4 Å². The zero-order valence-electron chi connectivity index (χ0n) is 9.63. The summed E-state index contributed by atoms with van der Waals surface area (Å²) in [5, 5.41) is 0. The lowest BCUT2D eigenvalue weighted by Crippen LogP contribution is -2.15. The number of hydrogen-bond donors (Lipinski definition) is 1. The van der Waals surface area contributed by atoms with E-state index < -0.39 is 19.1 Å². The molecule has 0 bridgehead atoms. The molecule has 0 aromatic heterocycles. The summed E-state index contributed by atoms with van der Waals surface area (Å²) in [4.78, 5) is 0. The molecule has 0 saturated carbocycles. The van der Waals surface area contributed by atoms with Crippen LogP contribution >= 0.6 is 0 Å². The Hall–Kier alpha value is -1.07. The van der Waals surface area contributed by atoms with Crippen molar-refractivity contribution in [3.63, 3.8) is 0 Å². The molecule has 1 atom stereocenters. The third-order valence-electron chi connectivity index (χ3n) is 2.44. The van der Waals surface area contributed by atoms with Crippen LogP contribution in [0.2, 0.25) is 0 Å². The van der Waals surface area contributed by atoms with Crippen LogP contribution in [0.25, 0.3) is 0 Å². The molecule has 96 valence electrons. The average molecular weight is 247 g/mol.